The summed E-state index contributed by atoms with van der Waals surface area (Å²) in [5.74, 6) is 0.0297. The van der Waals surface area contributed by atoms with Crippen molar-refractivity contribution in [1.29, 1.82) is 0 Å². The molecule has 0 bridgehead atoms. The van der Waals surface area contributed by atoms with E-state index in [0.29, 0.717) is 39.1 Å². The van der Waals surface area contributed by atoms with E-state index >= 15 is 0 Å². The number of amides is 1. The smallest absolute Gasteiger partial charge is 0.243 e. The Bertz CT molecular complexity index is 934. The molecule has 0 spiro atoms. The number of carbonyl (C=O) groups excluding carboxylic acids is 1. The first-order chi connectivity index (χ1) is 12.8. The van der Waals surface area contributed by atoms with Crippen LogP contribution in [0.4, 0.5) is 0 Å². The van der Waals surface area contributed by atoms with Gasteiger partial charge in [0.15, 0.2) is 0 Å². The molecule has 1 aromatic heterocycles. The van der Waals surface area contributed by atoms with Crippen LogP contribution in [0, 0.1) is 13.8 Å². The lowest BCUT2D eigenvalue weighted by molar-refractivity contribution is -0.132. The molecule has 1 aromatic carbocycles. The minimum atomic E-state index is -3.54. The first-order valence-electron chi connectivity index (χ1n) is 8.82. The van der Waals surface area contributed by atoms with E-state index in [-0.39, 0.29) is 10.8 Å². The largest absolute Gasteiger partial charge is 0.340 e. The molecule has 0 atom stereocenters. The van der Waals surface area contributed by atoms with Crippen molar-refractivity contribution < 1.29 is 13.2 Å². The molecule has 2 heterocycles. The summed E-state index contributed by atoms with van der Waals surface area (Å²) in [4.78, 5) is 14.5. The van der Waals surface area contributed by atoms with Crippen LogP contribution in [0.3, 0.4) is 0 Å². The third-order valence-corrected chi connectivity index (χ3v) is 7.05. The Morgan fingerprint density at radius 1 is 1.15 bits per heavy atom. The van der Waals surface area contributed by atoms with E-state index in [2.05, 4.69) is 21.0 Å². The molecule has 7 nitrogen and oxygen atoms in total. The number of hydrogen-bond donors (Lipinski definition) is 0. The Morgan fingerprint density at radius 2 is 1.85 bits per heavy atom. The average molecular weight is 455 g/mol. The van der Waals surface area contributed by atoms with Gasteiger partial charge < -0.3 is 4.90 Å². The minimum absolute atomic E-state index is 0.0297. The molecule has 9 heteroatoms. The normalized spacial score (nSPS) is 15.9. The van der Waals surface area contributed by atoms with Crippen LogP contribution < -0.4 is 0 Å². The SMILES string of the molecule is Cc1cc(C)n(CCC(=O)N2CCN(S(=O)(=O)c3cccc(Br)c3)CC2)n1. The highest BCUT2D eigenvalue weighted by atomic mass is 79.9. The predicted molar refractivity (Wildman–Crippen MR) is 106 cm³/mol. The highest BCUT2D eigenvalue weighted by Gasteiger charge is 2.30. The van der Waals surface area contributed by atoms with E-state index < -0.39 is 10.0 Å². The molecule has 0 unspecified atom stereocenters. The van der Waals surface area contributed by atoms with Crippen molar-refractivity contribution in [2.24, 2.45) is 0 Å². The highest BCUT2D eigenvalue weighted by molar-refractivity contribution is 9.10. The monoisotopic (exact) mass is 454 g/mol. The topological polar surface area (TPSA) is 75.5 Å². The van der Waals surface area contributed by atoms with Crippen molar-refractivity contribution >= 4 is 31.9 Å². The summed E-state index contributed by atoms with van der Waals surface area (Å²) in [6, 6.07) is 8.66. The van der Waals surface area contributed by atoms with Crippen molar-refractivity contribution in [3.05, 3.63) is 46.2 Å². The Labute approximate surface area is 168 Å². The van der Waals surface area contributed by atoms with Gasteiger partial charge in [-0.15, -0.1) is 0 Å². The quantitative estimate of drug-likeness (QED) is 0.693. The summed E-state index contributed by atoms with van der Waals surface area (Å²) in [5.41, 5.74) is 1.97. The molecule has 1 saturated heterocycles. The van der Waals surface area contributed by atoms with Gasteiger partial charge in [0.2, 0.25) is 15.9 Å². The van der Waals surface area contributed by atoms with E-state index in [1.165, 1.54) is 4.31 Å². The maximum atomic E-state index is 12.8. The molecule has 1 aliphatic rings. The molecule has 3 rings (SSSR count). The zero-order chi connectivity index (χ0) is 19.6. The fraction of sp³-hybridized carbons (Fsp3) is 0.444. The number of rotatable bonds is 5. The highest BCUT2D eigenvalue weighted by Crippen LogP contribution is 2.21. The Balaban J connectivity index is 1.56. The second kappa shape index (κ2) is 8.12. The molecule has 1 amide bonds. The third-order valence-electron chi connectivity index (χ3n) is 4.67. The van der Waals surface area contributed by atoms with Crippen molar-refractivity contribution in [2.45, 2.75) is 31.7 Å². The van der Waals surface area contributed by atoms with Gasteiger partial charge in [0.25, 0.3) is 0 Å². The molecule has 0 saturated carbocycles. The number of piperazine rings is 1. The summed E-state index contributed by atoms with van der Waals surface area (Å²) in [7, 11) is -3.54. The first kappa shape index (κ1) is 20.0. The van der Waals surface area contributed by atoms with Crippen LogP contribution in [0.2, 0.25) is 0 Å². The van der Waals surface area contributed by atoms with Gasteiger partial charge in [0.1, 0.15) is 0 Å². The molecule has 0 N–H and O–H groups in total. The fourth-order valence-electron chi connectivity index (χ4n) is 3.22. The number of carbonyl (C=O) groups is 1. The van der Waals surface area contributed by atoms with Crippen LogP contribution in [-0.2, 0) is 21.4 Å². The third kappa shape index (κ3) is 4.59. The van der Waals surface area contributed by atoms with Crippen molar-refractivity contribution in [3.63, 3.8) is 0 Å². The molecule has 1 aliphatic heterocycles. The number of aryl methyl sites for hydroxylation is 3. The van der Waals surface area contributed by atoms with Gasteiger partial charge in [-0.2, -0.15) is 9.40 Å². The lowest BCUT2D eigenvalue weighted by Gasteiger charge is -2.34. The number of sulfonamides is 1. The van der Waals surface area contributed by atoms with Crippen LogP contribution in [0.15, 0.2) is 39.7 Å². The zero-order valence-electron chi connectivity index (χ0n) is 15.4. The van der Waals surface area contributed by atoms with Crippen LogP contribution in [0.1, 0.15) is 17.8 Å². The summed E-state index contributed by atoms with van der Waals surface area (Å²) < 4.78 is 29.5. The van der Waals surface area contributed by atoms with Crippen molar-refractivity contribution in [3.8, 4) is 0 Å². The second-order valence-corrected chi connectivity index (χ2v) is 9.50. The lowest BCUT2D eigenvalue weighted by Crippen LogP contribution is -2.50. The number of benzene rings is 1. The van der Waals surface area contributed by atoms with E-state index in [9.17, 15) is 13.2 Å². The summed E-state index contributed by atoms with van der Waals surface area (Å²) in [6.45, 7) is 5.86. The average Bonchev–Trinajstić information content (AvgIpc) is 2.97. The minimum Gasteiger partial charge on any atom is -0.340 e. The lowest BCUT2D eigenvalue weighted by atomic mass is 10.3. The molecule has 2 aromatic rings. The zero-order valence-corrected chi connectivity index (χ0v) is 17.8. The first-order valence-corrected chi connectivity index (χ1v) is 11.1. The van der Waals surface area contributed by atoms with E-state index in [0.717, 1.165) is 15.9 Å². The van der Waals surface area contributed by atoms with Crippen LogP contribution in [-0.4, -0.2) is 59.5 Å². The summed E-state index contributed by atoms with van der Waals surface area (Å²) >= 11 is 3.31. The van der Waals surface area contributed by atoms with Crippen LogP contribution in [0.25, 0.3) is 0 Å². The molecule has 146 valence electrons. The maximum Gasteiger partial charge on any atom is 0.243 e. The predicted octanol–water partition coefficient (Wildman–Crippen LogP) is 2.19. The van der Waals surface area contributed by atoms with Gasteiger partial charge in [-0.05, 0) is 38.1 Å². The van der Waals surface area contributed by atoms with E-state index in [1.807, 2.05) is 24.6 Å². The van der Waals surface area contributed by atoms with Crippen molar-refractivity contribution in [2.75, 3.05) is 26.2 Å². The van der Waals surface area contributed by atoms with Gasteiger partial charge in [-0.3, -0.25) is 9.48 Å². The standard InChI is InChI=1S/C18H23BrN4O3S/c1-14-12-15(2)23(20-14)7-6-18(24)21-8-10-22(11-9-21)27(25,26)17-5-3-4-16(19)13-17/h3-5,12-13H,6-11H2,1-2H3. The number of halogens is 1. The number of aromatic nitrogens is 2. The molecular formula is C18H23BrN4O3S. The fourth-order valence-corrected chi connectivity index (χ4v) is 5.23. The van der Waals surface area contributed by atoms with Gasteiger partial charge in [-0.25, -0.2) is 8.42 Å². The van der Waals surface area contributed by atoms with E-state index in [4.69, 9.17) is 0 Å². The molecular weight excluding hydrogens is 432 g/mol. The molecule has 1 fully saturated rings. The van der Waals surface area contributed by atoms with Crippen LogP contribution >= 0.6 is 15.9 Å². The number of nitrogens with zero attached hydrogens (tertiary/aromatic N) is 4. The van der Waals surface area contributed by atoms with E-state index in [1.54, 1.807) is 29.2 Å². The van der Waals surface area contributed by atoms with Gasteiger partial charge in [-0.1, -0.05) is 22.0 Å². The van der Waals surface area contributed by atoms with Crippen molar-refractivity contribution in [1.82, 2.24) is 19.0 Å². The molecule has 0 aliphatic carbocycles. The van der Waals surface area contributed by atoms with Gasteiger partial charge in [0, 0.05) is 49.3 Å². The van der Waals surface area contributed by atoms with Gasteiger partial charge in [0.05, 0.1) is 10.6 Å². The molecule has 0 radical (unpaired) electrons. The second-order valence-electron chi connectivity index (χ2n) is 6.64. The Hall–Kier alpha value is -1.71. The van der Waals surface area contributed by atoms with Crippen LogP contribution in [0.5, 0.6) is 0 Å². The Kier molecular flexibility index (Phi) is 6.02. The van der Waals surface area contributed by atoms with Gasteiger partial charge >= 0.3 is 0 Å². The maximum absolute atomic E-state index is 12.8. The summed E-state index contributed by atoms with van der Waals surface area (Å²) in [5, 5.41) is 4.37. The number of hydrogen-bond acceptors (Lipinski definition) is 4. The summed E-state index contributed by atoms with van der Waals surface area (Å²) in [6.07, 6.45) is 0.361. The Morgan fingerprint density at radius 3 is 2.44 bits per heavy atom. The molecule has 27 heavy (non-hydrogen) atoms.